The predicted octanol–water partition coefficient (Wildman–Crippen LogP) is 1.07. The maximum absolute atomic E-state index is 11.7. The number of aliphatic carboxylic acids is 1. The third kappa shape index (κ3) is 8.68. The summed E-state index contributed by atoms with van der Waals surface area (Å²) in [4.78, 5) is 23.5. The number of hydrogen-bond donors (Lipinski definition) is 2. The fourth-order valence-electron chi connectivity index (χ4n) is 1.63. The zero-order valence-electron chi connectivity index (χ0n) is 11.2. The normalized spacial score (nSPS) is 13.2. The number of nitrogens with zero attached hydrogens (tertiary/aromatic N) is 1. The second-order valence-electron chi connectivity index (χ2n) is 5.69. The Bertz CT molecular complexity index is 271. The molecule has 5 heteroatoms. The van der Waals surface area contributed by atoms with E-state index in [2.05, 4.69) is 20.8 Å². The van der Waals surface area contributed by atoms with E-state index in [1.54, 1.807) is 7.05 Å². The van der Waals surface area contributed by atoms with Crippen LogP contribution in [0.2, 0.25) is 0 Å². The van der Waals surface area contributed by atoms with Crippen LogP contribution in [-0.4, -0.2) is 41.5 Å². The highest BCUT2D eigenvalue weighted by Crippen LogP contribution is 2.21. The minimum atomic E-state index is -0.899. The van der Waals surface area contributed by atoms with Crippen molar-refractivity contribution >= 4 is 11.9 Å². The van der Waals surface area contributed by atoms with Gasteiger partial charge in [0.2, 0.25) is 5.91 Å². The van der Waals surface area contributed by atoms with Gasteiger partial charge in [0.15, 0.2) is 0 Å². The average molecular weight is 244 g/mol. The molecule has 0 bridgehead atoms. The number of carbonyl (C=O) groups is 2. The predicted molar refractivity (Wildman–Crippen MR) is 66.6 cm³/mol. The SMILES string of the molecule is CN(CCC(=O)O)C(=O)CC(N)CC(C)(C)C. The summed E-state index contributed by atoms with van der Waals surface area (Å²) >= 11 is 0. The second kappa shape index (κ2) is 6.59. The number of carboxylic acids is 1. The molecule has 0 aromatic heterocycles. The highest BCUT2D eigenvalue weighted by molar-refractivity contribution is 5.77. The van der Waals surface area contributed by atoms with Crippen molar-refractivity contribution in [1.29, 1.82) is 0 Å². The van der Waals surface area contributed by atoms with Crippen molar-refractivity contribution in [2.45, 2.75) is 46.1 Å². The van der Waals surface area contributed by atoms with Crippen LogP contribution in [0.4, 0.5) is 0 Å². The average Bonchev–Trinajstić information content (AvgIpc) is 2.10. The minimum absolute atomic E-state index is 0.0310. The molecule has 1 atom stereocenters. The molecule has 1 unspecified atom stereocenters. The van der Waals surface area contributed by atoms with Crippen LogP contribution in [0.5, 0.6) is 0 Å². The van der Waals surface area contributed by atoms with Gasteiger partial charge in [-0.05, 0) is 11.8 Å². The van der Waals surface area contributed by atoms with Gasteiger partial charge < -0.3 is 15.7 Å². The fourth-order valence-corrected chi connectivity index (χ4v) is 1.63. The lowest BCUT2D eigenvalue weighted by Crippen LogP contribution is -2.36. The van der Waals surface area contributed by atoms with E-state index >= 15 is 0 Å². The number of hydrogen-bond acceptors (Lipinski definition) is 3. The maximum atomic E-state index is 11.7. The van der Waals surface area contributed by atoms with E-state index in [9.17, 15) is 9.59 Å². The molecule has 0 aliphatic heterocycles. The Kier molecular flexibility index (Phi) is 6.16. The smallest absolute Gasteiger partial charge is 0.305 e. The van der Waals surface area contributed by atoms with Crippen LogP contribution in [0.25, 0.3) is 0 Å². The van der Waals surface area contributed by atoms with Gasteiger partial charge in [0.05, 0.1) is 6.42 Å². The van der Waals surface area contributed by atoms with Crippen molar-refractivity contribution < 1.29 is 14.7 Å². The summed E-state index contributed by atoms with van der Waals surface area (Å²) < 4.78 is 0. The van der Waals surface area contributed by atoms with Crippen molar-refractivity contribution in [2.75, 3.05) is 13.6 Å². The third-order valence-electron chi connectivity index (χ3n) is 2.40. The van der Waals surface area contributed by atoms with Crippen LogP contribution in [0.15, 0.2) is 0 Å². The molecular formula is C12H24N2O3. The van der Waals surface area contributed by atoms with Crippen LogP contribution in [0, 0.1) is 5.41 Å². The van der Waals surface area contributed by atoms with Gasteiger partial charge in [-0.25, -0.2) is 0 Å². The van der Waals surface area contributed by atoms with Crippen LogP contribution in [-0.2, 0) is 9.59 Å². The molecule has 0 saturated heterocycles. The number of nitrogens with two attached hydrogens (primary N) is 1. The Morgan fingerprint density at radius 1 is 1.35 bits per heavy atom. The Labute approximate surface area is 103 Å². The zero-order valence-corrected chi connectivity index (χ0v) is 11.2. The van der Waals surface area contributed by atoms with E-state index in [1.165, 1.54) is 4.90 Å². The Hall–Kier alpha value is -1.10. The fraction of sp³-hybridized carbons (Fsp3) is 0.833. The molecular weight excluding hydrogens is 220 g/mol. The second-order valence-corrected chi connectivity index (χ2v) is 5.69. The summed E-state index contributed by atoms with van der Waals surface area (Å²) in [6.07, 6.45) is 1.01. The van der Waals surface area contributed by atoms with E-state index in [1.807, 2.05) is 0 Å². The van der Waals surface area contributed by atoms with Gasteiger partial charge in [-0.1, -0.05) is 20.8 Å². The molecule has 0 aliphatic carbocycles. The first-order valence-corrected chi connectivity index (χ1v) is 5.83. The zero-order chi connectivity index (χ0) is 13.6. The summed E-state index contributed by atoms with van der Waals surface area (Å²) in [5.41, 5.74) is 5.99. The molecule has 0 aromatic carbocycles. The first-order valence-electron chi connectivity index (χ1n) is 5.83. The Morgan fingerprint density at radius 2 is 1.88 bits per heavy atom. The van der Waals surface area contributed by atoms with Gasteiger partial charge in [0.1, 0.15) is 0 Å². The van der Waals surface area contributed by atoms with Gasteiger partial charge in [-0.3, -0.25) is 9.59 Å². The van der Waals surface area contributed by atoms with Gasteiger partial charge in [-0.2, -0.15) is 0 Å². The van der Waals surface area contributed by atoms with Crippen molar-refractivity contribution in [3.8, 4) is 0 Å². The lowest BCUT2D eigenvalue weighted by Gasteiger charge is -2.24. The summed E-state index contributed by atoms with van der Waals surface area (Å²) in [5.74, 6) is -0.994. The van der Waals surface area contributed by atoms with Crippen molar-refractivity contribution in [2.24, 2.45) is 11.1 Å². The van der Waals surface area contributed by atoms with E-state index in [4.69, 9.17) is 10.8 Å². The van der Waals surface area contributed by atoms with Crippen LogP contribution in [0.1, 0.15) is 40.0 Å². The highest BCUT2D eigenvalue weighted by Gasteiger charge is 2.19. The third-order valence-corrected chi connectivity index (χ3v) is 2.40. The summed E-state index contributed by atoms with van der Waals surface area (Å²) in [6, 6.07) is -0.172. The molecule has 17 heavy (non-hydrogen) atoms. The number of rotatable bonds is 6. The number of carbonyl (C=O) groups excluding carboxylic acids is 1. The highest BCUT2D eigenvalue weighted by atomic mass is 16.4. The maximum Gasteiger partial charge on any atom is 0.305 e. The standard InChI is InChI=1S/C12H24N2O3/c1-12(2,3)8-9(13)7-10(15)14(4)6-5-11(16)17/h9H,5-8,13H2,1-4H3,(H,16,17). The summed E-state index contributed by atoms with van der Waals surface area (Å²) in [7, 11) is 1.61. The number of amides is 1. The molecule has 1 amide bonds. The monoisotopic (exact) mass is 244 g/mol. The molecule has 3 N–H and O–H groups in total. The van der Waals surface area contributed by atoms with E-state index in [0.29, 0.717) is 0 Å². The first-order chi connectivity index (χ1) is 7.61. The molecule has 0 radical (unpaired) electrons. The molecule has 0 heterocycles. The van der Waals surface area contributed by atoms with Crippen molar-refractivity contribution in [3.05, 3.63) is 0 Å². The number of carboxylic acid groups (broad SMARTS) is 1. The largest absolute Gasteiger partial charge is 0.481 e. The Morgan fingerprint density at radius 3 is 2.29 bits per heavy atom. The van der Waals surface area contributed by atoms with Crippen LogP contribution < -0.4 is 5.73 Å². The molecule has 0 spiro atoms. The van der Waals surface area contributed by atoms with Gasteiger partial charge in [0.25, 0.3) is 0 Å². The molecule has 0 aromatic rings. The molecule has 0 fully saturated rings. The van der Waals surface area contributed by atoms with Crippen molar-refractivity contribution in [1.82, 2.24) is 4.90 Å². The molecule has 100 valence electrons. The topological polar surface area (TPSA) is 83.6 Å². The van der Waals surface area contributed by atoms with E-state index in [-0.39, 0.29) is 36.8 Å². The van der Waals surface area contributed by atoms with Crippen LogP contribution in [0.3, 0.4) is 0 Å². The summed E-state index contributed by atoms with van der Waals surface area (Å²) in [6.45, 7) is 6.46. The Balaban J connectivity index is 4.03. The van der Waals surface area contributed by atoms with Crippen LogP contribution >= 0.6 is 0 Å². The lowest BCUT2D eigenvalue weighted by atomic mass is 9.87. The van der Waals surface area contributed by atoms with Crippen molar-refractivity contribution in [3.63, 3.8) is 0 Å². The van der Waals surface area contributed by atoms with Gasteiger partial charge >= 0.3 is 5.97 Å². The summed E-state index contributed by atoms with van der Waals surface area (Å²) in [5, 5.41) is 8.52. The van der Waals surface area contributed by atoms with Gasteiger partial charge in [0, 0.05) is 26.1 Å². The van der Waals surface area contributed by atoms with Gasteiger partial charge in [-0.15, -0.1) is 0 Å². The van der Waals surface area contributed by atoms with E-state index in [0.717, 1.165) is 6.42 Å². The minimum Gasteiger partial charge on any atom is -0.481 e. The molecule has 0 rings (SSSR count). The molecule has 0 aliphatic rings. The molecule has 0 saturated carbocycles. The molecule has 5 nitrogen and oxygen atoms in total. The lowest BCUT2D eigenvalue weighted by molar-refractivity contribution is -0.138. The van der Waals surface area contributed by atoms with E-state index < -0.39 is 5.97 Å². The first kappa shape index (κ1) is 15.9. The quantitative estimate of drug-likeness (QED) is 0.732.